The summed E-state index contributed by atoms with van der Waals surface area (Å²) in [5.41, 5.74) is 20.0. The van der Waals surface area contributed by atoms with E-state index in [9.17, 15) is 0 Å². The average Bonchev–Trinajstić information content (AvgIpc) is 3.88. The van der Waals surface area contributed by atoms with Crippen molar-refractivity contribution in [2.24, 2.45) is 29.6 Å². The number of nitrogens with zero attached hydrogens (tertiary/aromatic N) is 1. The maximum absolute atomic E-state index is 3.87. The van der Waals surface area contributed by atoms with E-state index in [1.165, 1.54) is 50.4 Å². The van der Waals surface area contributed by atoms with Crippen molar-refractivity contribution < 1.29 is 0 Å². The van der Waals surface area contributed by atoms with Crippen molar-refractivity contribution in [3.05, 3.63) is 212 Å². The molecule has 2 nitrogen and oxygen atoms in total. The molecule has 0 aromatic heterocycles. The second-order valence-corrected chi connectivity index (χ2v) is 17.9. The van der Waals surface area contributed by atoms with Crippen LogP contribution in [0.2, 0.25) is 0 Å². The molecule has 0 amide bonds. The first kappa shape index (κ1) is 33.8. The van der Waals surface area contributed by atoms with Gasteiger partial charge in [-0.15, -0.1) is 0 Å². The number of hydrogen-bond acceptors (Lipinski definition) is 2. The lowest BCUT2D eigenvalue weighted by atomic mass is 9.65. The molecule has 57 heavy (non-hydrogen) atoms. The van der Waals surface area contributed by atoms with Crippen LogP contribution in [-0.4, -0.2) is 11.1 Å². The second-order valence-electron chi connectivity index (χ2n) is 17.9. The van der Waals surface area contributed by atoms with Crippen LogP contribution in [0.25, 0.3) is 11.1 Å². The molecule has 6 atom stereocenters. The quantitative estimate of drug-likeness (QED) is 0.303. The molecule has 9 aliphatic carbocycles. The molecule has 1 saturated carbocycles. The van der Waals surface area contributed by atoms with Gasteiger partial charge in [0.25, 0.3) is 0 Å². The van der Waals surface area contributed by atoms with Crippen molar-refractivity contribution in [1.29, 1.82) is 0 Å². The summed E-state index contributed by atoms with van der Waals surface area (Å²) in [4.78, 5) is 2.35. The average molecular weight is 741 g/mol. The van der Waals surface area contributed by atoms with Gasteiger partial charge in [0, 0.05) is 24.2 Å². The minimum Gasteiger partial charge on any atom is -0.360 e. The fraction of sp³-hybridized carbons (Fsp3) is 0.309. The molecule has 2 aliphatic heterocycles. The number of nitrogens with one attached hydrogen (secondary N) is 1. The van der Waals surface area contributed by atoms with E-state index in [4.69, 9.17) is 0 Å². The van der Waals surface area contributed by atoms with Crippen LogP contribution in [0, 0.1) is 29.6 Å². The summed E-state index contributed by atoms with van der Waals surface area (Å²) in [6.45, 7) is 0. The molecule has 0 bridgehead atoms. The molecule has 1 aromatic carbocycles. The smallest absolute Gasteiger partial charge is 0.129 e. The molecule has 0 radical (unpaired) electrons. The Morgan fingerprint density at radius 1 is 0.579 bits per heavy atom. The maximum Gasteiger partial charge on any atom is 0.129 e. The molecule has 11 aliphatic rings. The highest BCUT2D eigenvalue weighted by atomic mass is 15.3. The third kappa shape index (κ3) is 5.43. The predicted molar refractivity (Wildman–Crippen MR) is 235 cm³/mol. The van der Waals surface area contributed by atoms with Crippen molar-refractivity contribution in [2.45, 2.75) is 76.8 Å². The molecule has 1 aromatic rings. The van der Waals surface area contributed by atoms with E-state index >= 15 is 0 Å². The Hall–Kier alpha value is -5.34. The zero-order chi connectivity index (χ0) is 37.5. The van der Waals surface area contributed by atoms with E-state index in [0.29, 0.717) is 29.6 Å². The molecule has 12 rings (SSSR count). The molecular weight excluding hydrogens is 689 g/mol. The minimum absolute atomic E-state index is 0.241. The molecule has 0 saturated heterocycles. The topological polar surface area (TPSA) is 15.3 Å². The lowest BCUT2D eigenvalue weighted by Crippen LogP contribution is -2.41. The molecule has 6 unspecified atom stereocenters. The van der Waals surface area contributed by atoms with Crippen molar-refractivity contribution in [3.63, 3.8) is 0 Å². The van der Waals surface area contributed by atoms with Gasteiger partial charge in [-0.2, -0.15) is 0 Å². The Bertz CT molecular complexity index is 2600. The van der Waals surface area contributed by atoms with E-state index < -0.39 is 0 Å². The highest BCUT2D eigenvalue weighted by Gasteiger charge is 2.55. The van der Waals surface area contributed by atoms with Crippen LogP contribution in [0.15, 0.2) is 201 Å². The van der Waals surface area contributed by atoms with Gasteiger partial charge in [-0.3, -0.25) is 0 Å². The molecule has 2 heterocycles. The summed E-state index contributed by atoms with van der Waals surface area (Å²) in [5.74, 6) is 2.60. The number of hydrogen-bond donors (Lipinski definition) is 1. The van der Waals surface area contributed by atoms with Crippen LogP contribution < -0.4 is 15.8 Å². The Balaban J connectivity index is 0.861. The van der Waals surface area contributed by atoms with Gasteiger partial charge >= 0.3 is 0 Å². The van der Waals surface area contributed by atoms with Gasteiger partial charge in [-0.1, -0.05) is 127 Å². The summed E-state index contributed by atoms with van der Waals surface area (Å²) >= 11 is 0. The number of benzene rings is 1. The first-order valence-electron chi connectivity index (χ1n) is 22.1. The predicted octanol–water partition coefficient (Wildman–Crippen LogP) is 11.0. The highest BCUT2D eigenvalue weighted by molar-refractivity contribution is 5.82. The fourth-order valence-electron chi connectivity index (χ4n) is 12.6. The highest BCUT2D eigenvalue weighted by Crippen LogP contribution is 2.63. The monoisotopic (exact) mass is 740 g/mol. The zero-order valence-electron chi connectivity index (χ0n) is 33.0. The standard InChI is InChI=1S/C55H52N2/c1-3-13-40(14-4-1)50-45-18-9-10-19-46(45)51(41-15-5-2-6-16-41)54-48-31-30-42(44-20-11-21-47(52(44)48)53(50)54)38-26-22-35(23-27-38)36-24-28-39(29-25-36)49-34-57-33-32-37-12-7-8-17-43(37)55(57)56-49/h1-3,5,8-11,13,15,17-20,22,24,26,28,30-34,44,47,52-56H,4,6-7,12,14,16,21,23,25,27,29H2. The largest absolute Gasteiger partial charge is 0.360 e. The van der Waals surface area contributed by atoms with Crippen molar-refractivity contribution in [3.8, 4) is 0 Å². The maximum atomic E-state index is 3.87. The summed E-state index contributed by atoms with van der Waals surface area (Å²) in [6.07, 6.45) is 58.7. The second kappa shape index (κ2) is 13.7. The molecule has 2 heteroatoms. The van der Waals surface area contributed by atoms with Crippen molar-refractivity contribution >= 4 is 11.1 Å². The van der Waals surface area contributed by atoms with Crippen molar-refractivity contribution in [2.75, 3.05) is 0 Å². The van der Waals surface area contributed by atoms with Crippen LogP contribution in [0.1, 0.15) is 70.6 Å². The van der Waals surface area contributed by atoms with E-state index in [0.717, 1.165) is 64.2 Å². The normalized spacial score (nSPS) is 31.6. The third-order valence-corrected chi connectivity index (χ3v) is 15.1. The Morgan fingerprint density at radius 3 is 2.02 bits per heavy atom. The Labute approximate surface area is 338 Å². The number of rotatable bonds is 5. The Morgan fingerprint density at radius 2 is 1.28 bits per heavy atom. The SMILES string of the molecule is C1=CCCC(C2=c3ccccc3=C(C3=CC=CCC3)C3C2C2=CC=C(C4=CC=C(C5=CC=C(C6=CN7C=CC8=C(C=CCC8)C7N6)CC5)CC4)C4C=CCC3C24)=C1. The molecule has 0 spiro atoms. The van der Waals surface area contributed by atoms with Crippen molar-refractivity contribution in [1.82, 2.24) is 10.2 Å². The summed E-state index contributed by atoms with van der Waals surface area (Å²) < 4.78 is 0. The van der Waals surface area contributed by atoms with Gasteiger partial charge in [-0.25, -0.2) is 0 Å². The molecular formula is C55H52N2. The van der Waals surface area contributed by atoms with Crippen LogP contribution in [0.4, 0.5) is 0 Å². The summed E-state index contributed by atoms with van der Waals surface area (Å²) in [6, 6.07) is 9.48. The van der Waals surface area contributed by atoms with E-state index in [-0.39, 0.29) is 6.17 Å². The van der Waals surface area contributed by atoms with Gasteiger partial charge in [0.05, 0.1) is 5.70 Å². The van der Waals surface area contributed by atoms with Gasteiger partial charge in [0.15, 0.2) is 0 Å². The fourth-order valence-corrected chi connectivity index (χ4v) is 12.6. The van der Waals surface area contributed by atoms with Crippen LogP contribution in [0.5, 0.6) is 0 Å². The number of fused-ring (bicyclic) bond motifs is 6. The van der Waals surface area contributed by atoms with Gasteiger partial charge < -0.3 is 10.2 Å². The van der Waals surface area contributed by atoms with Gasteiger partial charge in [0.2, 0.25) is 0 Å². The van der Waals surface area contributed by atoms with Gasteiger partial charge in [0.1, 0.15) is 6.17 Å². The van der Waals surface area contributed by atoms with Gasteiger partial charge in [-0.05, 0) is 166 Å². The van der Waals surface area contributed by atoms with E-state index in [2.05, 4.69) is 150 Å². The van der Waals surface area contributed by atoms with E-state index in [1.807, 2.05) is 0 Å². The van der Waals surface area contributed by atoms with Crippen LogP contribution in [0.3, 0.4) is 0 Å². The Kier molecular flexibility index (Phi) is 8.09. The lowest BCUT2D eigenvalue weighted by Gasteiger charge is -2.38. The van der Waals surface area contributed by atoms with E-state index in [1.54, 1.807) is 39.0 Å². The zero-order valence-corrected chi connectivity index (χ0v) is 33.0. The van der Waals surface area contributed by atoms with Crippen LogP contribution >= 0.6 is 0 Å². The first-order valence-corrected chi connectivity index (χ1v) is 22.1. The number of allylic oxidation sites excluding steroid dienone is 25. The minimum atomic E-state index is 0.241. The summed E-state index contributed by atoms with van der Waals surface area (Å²) in [5, 5.41) is 6.87. The third-order valence-electron chi connectivity index (χ3n) is 15.1. The summed E-state index contributed by atoms with van der Waals surface area (Å²) in [7, 11) is 0. The van der Waals surface area contributed by atoms with Crippen LogP contribution in [-0.2, 0) is 0 Å². The molecule has 1 fully saturated rings. The lowest BCUT2D eigenvalue weighted by molar-refractivity contribution is 0.309. The first-order chi connectivity index (χ1) is 28.3. The molecule has 1 N–H and O–H groups in total. The molecule has 282 valence electrons.